The van der Waals surface area contributed by atoms with Crippen LogP contribution in [-0.4, -0.2) is 33.9 Å². The lowest BCUT2D eigenvalue weighted by molar-refractivity contribution is 0.209. The Hall–Kier alpha value is -2.93. The van der Waals surface area contributed by atoms with Crippen LogP contribution >= 0.6 is 0 Å². The third-order valence-corrected chi connectivity index (χ3v) is 5.62. The number of aromatic nitrogens is 2. The molecule has 28 heavy (non-hydrogen) atoms. The summed E-state index contributed by atoms with van der Waals surface area (Å²) in [4.78, 5) is 2.35. The van der Waals surface area contributed by atoms with Gasteiger partial charge in [-0.05, 0) is 61.2 Å². The Bertz CT molecular complexity index is 1030. The predicted molar refractivity (Wildman–Crippen MR) is 114 cm³/mol. The Morgan fingerprint density at radius 2 is 1.86 bits per heavy atom. The normalized spacial score (nSPS) is 18.0. The van der Waals surface area contributed by atoms with Crippen LogP contribution in [0.3, 0.4) is 0 Å². The molecule has 1 aliphatic heterocycles. The Labute approximate surface area is 164 Å². The molecule has 1 atom stereocenters. The summed E-state index contributed by atoms with van der Waals surface area (Å²) in [6.45, 7) is 2.23. The van der Waals surface area contributed by atoms with Crippen molar-refractivity contribution in [1.82, 2.24) is 9.13 Å². The molecule has 148 valence electrons. The minimum Gasteiger partial charge on any atom is -0.399 e. The van der Waals surface area contributed by atoms with Gasteiger partial charge in [-0.3, -0.25) is 5.43 Å². The number of piperidine rings is 1. The molecule has 1 fully saturated rings. The number of hydrogen-bond acceptors (Lipinski definition) is 5. The number of aryl methyl sites for hydroxylation is 2. The maximum atomic E-state index is 9.43. The number of aliphatic hydroxyl groups excluding tert-OH is 1. The smallest absolute Gasteiger partial charge is 0.227 e. The monoisotopic (exact) mass is 380 g/mol. The highest BCUT2D eigenvalue weighted by molar-refractivity contribution is 5.79. The second kappa shape index (κ2) is 7.59. The van der Waals surface area contributed by atoms with Crippen LogP contribution in [0.5, 0.6) is 0 Å². The van der Waals surface area contributed by atoms with Crippen molar-refractivity contribution in [2.45, 2.75) is 12.8 Å². The fourth-order valence-electron chi connectivity index (χ4n) is 3.99. The third-order valence-electron chi connectivity index (χ3n) is 5.62. The maximum absolute atomic E-state index is 9.43. The molecule has 2 heterocycles. The molecule has 4 rings (SSSR count). The minimum atomic E-state index is 0.267. The fourth-order valence-corrected chi connectivity index (χ4v) is 3.99. The van der Waals surface area contributed by atoms with E-state index in [0.29, 0.717) is 5.92 Å². The van der Waals surface area contributed by atoms with Crippen molar-refractivity contribution in [3.8, 4) is 0 Å². The zero-order chi connectivity index (χ0) is 19.7. The molecule has 2 aromatic carbocycles. The van der Waals surface area contributed by atoms with E-state index in [-0.39, 0.29) is 6.61 Å². The first-order chi connectivity index (χ1) is 13.6. The summed E-state index contributed by atoms with van der Waals surface area (Å²) in [5.41, 5.74) is 14.9. The van der Waals surface area contributed by atoms with Crippen molar-refractivity contribution in [3.05, 3.63) is 48.1 Å². The van der Waals surface area contributed by atoms with Crippen molar-refractivity contribution >= 4 is 28.1 Å². The lowest BCUT2D eigenvalue weighted by atomic mass is 9.98. The SMILES string of the molecule is Cn1c(=NNc2ccc(N3CCCC(CO)C3)cc2)n(C)c2cc(N)ccc21. The van der Waals surface area contributed by atoms with Gasteiger partial charge in [0.25, 0.3) is 0 Å². The number of anilines is 3. The van der Waals surface area contributed by atoms with Crippen LogP contribution in [0.4, 0.5) is 17.1 Å². The molecule has 1 aromatic heterocycles. The second-order valence-electron chi connectivity index (χ2n) is 7.57. The standard InChI is InChI=1S/C21H28N6O/c1-25-19-10-5-16(22)12-20(19)26(2)21(25)24-23-17-6-8-18(9-7-17)27-11-3-4-15(13-27)14-28/h5-10,12,15,23,28H,3-4,11,13-14,22H2,1-2H3. The highest BCUT2D eigenvalue weighted by Gasteiger charge is 2.19. The number of fused-ring (bicyclic) bond motifs is 1. The van der Waals surface area contributed by atoms with Gasteiger partial charge < -0.3 is 24.9 Å². The molecule has 1 aliphatic rings. The van der Waals surface area contributed by atoms with Gasteiger partial charge in [0, 0.05) is 45.2 Å². The van der Waals surface area contributed by atoms with E-state index in [9.17, 15) is 5.11 Å². The van der Waals surface area contributed by atoms with Crippen LogP contribution in [-0.2, 0) is 14.1 Å². The Morgan fingerprint density at radius 1 is 1.11 bits per heavy atom. The Balaban J connectivity index is 1.55. The van der Waals surface area contributed by atoms with Crippen LogP contribution in [0.15, 0.2) is 47.6 Å². The first-order valence-electron chi connectivity index (χ1n) is 9.73. The lowest BCUT2D eigenvalue weighted by Crippen LogP contribution is -2.36. The van der Waals surface area contributed by atoms with E-state index in [2.05, 4.69) is 27.6 Å². The van der Waals surface area contributed by atoms with E-state index >= 15 is 0 Å². The summed E-state index contributed by atoms with van der Waals surface area (Å²) in [6, 6.07) is 14.2. The summed E-state index contributed by atoms with van der Waals surface area (Å²) in [5, 5.41) is 14.0. The molecule has 1 unspecified atom stereocenters. The van der Waals surface area contributed by atoms with Crippen LogP contribution < -0.4 is 21.7 Å². The van der Waals surface area contributed by atoms with Crippen molar-refractivity contribution in [3.63, 3.8) is 0 Å². The average Bonchev–Trinajstić information content (AvgIpc) is 2.96. The number of nitrogens with one attached hydrogen (secondary N) is 1. The molecule has 0 radical (unpaired) electrons. The van der Waals surface area contributed by atoms with E-state index in [1.807, 2.05) is 53.6 Å². The largest absolute Gasteiger partial charge is 0.399 e. The van der Waals surface area contributed by atoms with Crippen molar-refractivity contribution in [2.75, 3.05) is 35.8 Å². The number of hydrogen-bond donors (Lipinski definition) is 3. The van der Waals surface area contributed by atoms with E-state index < -0.39 is 0 Å². The van der Waals surface area contributed by atoms with Crippen molar-refractivity contribution < 1.29 is 5.11 Å². The predicted octanol–water partition coefficient (Wildman–Crippen LogP) is 2.24. The molecule has 0 amide bonds. The van der Waals surface area contributed by atoms with Crippen molar-refractivity contribution in [1.29, 1.82) is 0 Å². The van der Waals surface area contributed by atoms with Gasteiger partial charge in [0.1, 0.15) is 0 Å². The number of nitrogen functional groups attached to an aromatic ring is 1. The minimum absolute atomic E-state index is 0.267. The van der Waals surface area contributed by atoms with Gasteiger partial charge in [-0.2, -0.15) is 0 Å². The van der Waals surface area contributed by atoms with Crippen LogP contribution in [0, 0.1) is 5.92 Å². The summed E-state index contributed by atoms with van der Waals surface area (Å²) in [6.07, 6.45) is 2.24. The number of nitrogens with zero attached hydrogens (tertiary/aromatic N) is 4. The Morgan fingerprint density at radius 3 is 2.61 bits per heavy atom. The number of rotatable bonds is 4. The molecule has 0 spiro atoms. The summed E-state index contributed by atoms with van der Waals surface area (Å²) in [5.74, 6) is 0.377. The van der Waals surface area contributed by atoms with E-state index in [1.54, 1.807) is 0 Å². The highest BCUT2D eigenvalue weighted by Crippen LogP contribution is 2.24. The van der Waals surface area contributed by atoms with Gasteiger partial charge >= 0.3 is 0 Å². The van der Waals surface area contributed by atoms with Crippen LogP contribution in [0.1, 0.15) is 12.8 Å². The number of benzene rings is 2. The lowest BCUT2D eigenvalue weighted by Gasteiger charge is -2.33. The second-order valence-corrected chi connectivity index (χ2v) is 7.57. The summed E-state index contributed by atoms with van der Waals surface area (Å²) >= 11 is 0. The van der Waals surface area contributed by atoms with Gasteiger partial charge in [-0.15, -0.1) is 5.10 Å². The van der Waals surface area contributed by atoms with Gasteiger partial charge in [-0.25, -0.2) is 0 Å². The first-order valence-corrected chi connectivity index (χ1v) is 9.73. The first kappa shape index (κ1) is 18.4. The molecule has 7 nitrogen and oxygen atoms in total. The molecule has 0 saturated carbocycles. The zero-order valence-corrected chi connectivity index (χ0v) is 16.5. The Kier molecular flexibility index (Phi) is 5.00. The number of aliphatic hydroxyl groups is 1. The van der Waals surface area contributed by atoms with E-state index in [0.717, 1.165) is 54.0 Å². The number of nitrogens with two attached hydrogens (primary N) is 1. The van der Waals surface area contributed by atoms with Gasteiger partial charge in [0.2, 0.25) is 5.62 Å². The molecule has 0 bridgehead atoms. The summed E-state index contributed by atoms with van der Waals surface area (Å²) < 4.78 is 4.06. The molecule has 1 saturated heterocycles. The quantitative estimate of drug-likeness (QED) is 0.479. The molecular weight excluding hydrogens is 352 g/mol. The third kappa shape index (κ3) is 3.45. The number of imidazole rings is 1. The topological polar surface area (TPSA) is 83.7 Å². The molecular formula is C21H28N6O. The summed E-state index contributed by atoms with van der Waals surface area (Å²) in [7, 11) is 3.98. The molecule has 3 aromatic rings. The zero-order valence-electron chi connectivity index (χ0n) is 16.5. The molecule has 0 aliphatic carbocycles. The highest BCUT2D eigenvalue weighted by atomic mass is 16.3. The maximum Gasteiger partial charge on any atom is 0.227 e. The van der Waals surface area contributed by atoms with Gasteiger partial charge in [0.05, 0.1) is 16.7 Å². The van der Waals surface area contributed by atoms with Crippen molar-refractivity contribution in [2.24, 2.45) is 25.1 Å². The van der Waals surface area contributed by atoms with Gasteiger partial charge in [0.15, 0.2) is 0 Å². The van der Waals surface area contributed by atoms with Gasteiger partial charge in [-0.1, -0.05) is 0 Å². The fraction of sp³-hybridized carbons (Fsp3) is 0.381. The molecule has 7 heteroatoms. The van der Waals surface area contributed by atoms with Crippen LogP contribution in [0.25, 0.3) is 11.0 Å². The average molecular weight is 380 g/mol. The van der Waals surface area contributed by atoms with E-state index in [1.165, 1.54) is 5.69 Å². The van der Waals surface area contributed by atoms with Crippen LogP contribution in [0.2, 0.25) is 0 Å². The van der Waals surface area contributed by atoms with E-state index in [4.69, 9.17) is 5.73 Å². The molecule has 4 N–H and O–H groups in total.